The molecule has 8 heteroatoms. The maximum Gasteiger partial charge on any atom is 0.319 e. The lowest BCUT2D eigenvalue weighted by Gasteiger charge is -2.34. The number of nitrogens with one attached hydrogen (secondary N) is 2. The molecule has 1 saturated carbocycles. The van der Waals surface area contributed by atoms with Crippen LogP contribution in [0, 0.1) is 11.8 Å². The van der Waals surface area contributed by atoms with Crippen LogP contribution in [-0.4, -0.2) is 45.5 Å². The topological polar surface area (TPSA) is 87.7 Å². The Morgan fingerprint density at radius 3 is 2.59 bits per heavy atom. The molecule has 0 aromatic heterocycles. The largest absolute Gasteiger partial charge is 0.492 e. The number of urea groups is 1. The van der Waals surface area contributed by atoms with Gasteiger partial charge in [0.05, 0.1) is 6.61 Å². The van der Waals surface area contributed by atoms with Crippen LogP contribution < -0.4 is 15.4 Å². The Hall–Kier alpha value is -1.80. The normalized spacial score (nSPS) is 23.1. The lowest BCUT2D eigenvalue weighted by molar-refractivity contribution is 0.201. The van der Waals surface area contributed by atoms with Crippen LogP contribution in [0.1, 0.15) is 40.0 Å². The summed E-state index contributed by atoms with van der Waals surface area (Å²) in [7, 11) is -0.771. The molecule has 1 aromatic rings. The maximum absolute atomic E-state index is 12.6. The van der Waals surface area contributed by atoms with Gasteiger partial charge in [-0.1, -0.05) is 26.7 Å². The van der Waals surface area contributed by atoms with Crippen LogP contribution >= 0.6 is 0 Å². The standard InChI is InChI=1S/C19H31N3O4S/c1-6-26-17-11-10-15(12-18(17)27(24,25)22(4)5)20-19(23)21-16-9-7-8-13(2)14(16)3/h10-14,16H,6-9H2,1-5H3,(H2,20,21,23)/t13-,14+,16-/m1/s1. The molecule has 0 bridgehead atoms. The summed E-state index contributed by atoms with van der Waals surface area (Å²) >= 11 is 0. The highest BCUT2D eigenvalue weighted by atomic mass is 32.2. The smallest absolute Gasteiger partial charge is 0.319 e. The number of ether oxygens (including phenoxy) is 1. The first-order valence-corrected chi connectivity index (χ1v) is 10.9. The second kappa shape index (κ2) is 8.93. The molecule has 2 amide bonds. The van der Waals surface area contributed by atoms with Gasteiger partial charge in [-0.25, -0.2) is 17.5 Å². The first kappa shape index (κ1) is 21.5. The number of nitrogens with zero attached hydrogens (tertiary/aromatic N) is 1. The van der Waals surface area contributed by atoms with Gasteiger partial charge >= 0.3 is 6.03 Å². The summed E-state index contributed by atoms with van der Waals surface area (Å²) in [4.78, 5) is 12.5. The minimum atomic E-state index is -3.69. The molecule has 0 spiro atoms. The summed E-state index contributed by atoms with van der Waals surface area (Å²) in [5, 5.41) is 5.78. The molecule has 1 aromatic carbocycles. The molecule has 2 rings (SSSR count). The number of hydrogen-bond acceptors (Lipinski definition) is 4. The zero-order chi connectivity index (χ0) is 20.2. The summed E-state index contributed by atoms with van der Waals surface area (Å²) in [6.07, 6.45) is 3.25. The van der Waals surface area contributed by atoms with Crippen molar-refractivity contribution in [1.29, 1.82) is 0 Å². The van der Waals surface area contributed by atoms with Crippen LogP contribution in [0.2, 0.25) is 0 Å². The SMILES string of the molecule is CCOc1ccc(NC(=O)N[C@@H]2CCC[C@@H](C)[C@@H]2C)cc1S(=O)(=O)N(C)C. The Morgan fingerprint density at radius 1 is 1.26 bits per heavy atom. The zero-order valence-electron chi connectivity index (χ0n) is 16.8. The van der Waals surface area contributed by atoms with E-state index in [1.807, 2.05) is 0 Å². The predicted molar refractivity (Wildman–Crippen MR) is 107 cm³/mol. The third-order valence-electron chi connectivity index (χ3n) is 5.28. The lowest BCUT2D eigenvalue weighted by atomic mass is 9.78. The Kier molecular flexibility index (Phi) is 7.11. The molecule has 152 valence electrons. The van der Waals surface area contributed by atoms with E-state index in [0.29, 0.717) is 24.1 Å². The summed E-state index contributed by atoms with van der Waals surface area (Å²) in [5.74, 6) is 1.26. The van der Waals surface area contributed by atoms with Crippen LogP contribution in [-0.2, 0) is 10.0 Å². The second-order valence-electron chi connectivity index (χ2n) is 7.35. The van der Waals surface area contributed by atoms with Gasteiger partial charge in [0.2, 0.25) is 10.0 Å². The van der Waals surface area contributed by atoms with Crippen LogP contribution in [0.3, 0.4) is 0 Å². The molecule has 1 aliphatic rings. The molecule has 7 nitrogen and oxygen atoms in total. The summed E-state index contributed by atoms with van der Waals surface area (Å²) in [6, 6.07) is 4.46. The Morgan fingerprint density at radius 2 is 1.96 bits per heavy atom. The van der Waals surface area contributed by atoms with E-state index in [1.165, 1.54) is 26.6 Å². The molecule has 3 atom stereocenters. The van der Waals surface area contributed by atoms with Crippen molar-refractivity contribution in [2.24, 2.45) is 11.8 Å². The number of carbonyl (C=O) groups excluding carboxylic acids is 1. The Balaban J connectivity index is 2.17. The molecule has 1 aliphatic carbocycles. The van der Waals surface area contributed by atoms with Crippen molar-refractivity contribution in [2.45, 2.75) is 51.0 Å². The fourth-order valence-corrected chi connectivity index (χ4v) is 4.43. The molecule has 0 saturated heterocycles. The van der Waals surface area contributed by atoms with Crippen molar-refractivity contribution in [3.63, 3.8) is 0 Å². The highest BCUT2D eigenvalue weighted by molar-refractivity contribution is 7.89. The Bertz CT molecular complexity index is 764. The molecule has 0 heterocycles. The number of anilines is 1. The van der Waals surface area contributed by atoms with Gasteiger partial charge in [-0.15, -0.1) is 0 Å². The van der Waals surface area contributed by atoms with E-state index in [-0.39, 0.29) is 22.7 Å². The van der Waals surface area contributed by atoms with Crippen molar-refractivity contribution in [3.8, 4) is 5.75 Å². The van der Waals surface area contributed by atoms with Crippen LogP contribution in [0.25, 0.3) is 0 Å². The highest BCUT2D eigenvalue weighted by Gasteiger charge is 2.28. The number of amides is 2. The fourth-order valence-electron chi connectivity index (χ4n) is 3.38. The monoisotopic (exact) mass is 397 g/mol. The summed E-state index contributed by atoms with van der Waals surface area (Å²) in [5.41, 5.74) is 0.410. The van der Waals surface area contributed by atoms with Crippen molar-refractivity contribution < 1.29 is 17.9 Å². The van der Waals surface area contributed by atoms with Gasteiger partial charge in [-0.3, -0.25) is 0 Å². The van der Waals surface area contributed by atoms with Gasteiger partial charge in [0.25, 0.3) is 0 Å². The molecule has 1 fully saturated rings. The van der Waals surface area contributed by atoms with Crippen molar-refractivity contribution in [2.75, 3.05) is 26.0 Å². The molecule has 0 unspecified atom stereocenters. The molecular formula is C19H31N3O4S. The third-order valence-corrected chi connectivity index (χ3v) is 7.12. The van der Waals surface area contributed by atoms with Gasteiger partial charge in [0, 0.05) is 25.8 Å². The Labute approximate surface area is 162 Å². The first-order chi connectivity index (χ1) is 12.7. The average Bonchev–Trinajstić information content (AvgIpc) is 2.60. The zero-order valence-corrected chi connectivity index (χ0v) is 17.6. The van der Waals surface area contributed by atoms with Gasteiger partial charge in [-0.05, 0) is 43.4 Å². The van der Waals surface area contributed by atoms with Crippen molar-refractivity contribution in [1.82, 2.24) is 9.62 Å². The molecule has 0 radical (unpaired) electrons. The van der Waals surface area contributed by atoms with Gasteiger partial charge < -0.3 is 15.4 Å². The highest BCUT2D eigenvalue weighted by Crippen LogP contribution is 2.31. The molecule has 27 heavy (non-hydrogen) atoms. The van der Waals surface area contributed by atoms with Gasteiger partial charge in [0.15, 0.2) is 0 Å². The number of carbonyl (C=O) groups is 1. The number of hydrogen-bond donors (Lipinski definition) is 2. The molecular weight excluding hydrogens is 366 g/mol. The predicted octanol–water partition coefficient (Wildman–Crippen LogP) is 3.28. The minimum absolute atomic E-state index is 0.0341. The van der Waals surface area contributed by atoms with E-state index in [2.05, 4.69) is 24.5 Å². The fraction of sp³-hybridized carbons (Fsp3) is 0.632. The second-order valence-corrected chi connectivity index (χ2v) is 9.47. The van der Waals surface area contributed by atoms with E-state index in [4.69, 9.17) is 4.74 Å². The van der Waals surface area contributed by atoms with Crippen molar-refractivity contribution >= 4 is 21.7 Å². The van der Waals surface area contributed by atoms with Gasteiger partial charge in [0.1, 0.15) is 10.6 Å². The maximum atomic E-state index is 12.6. The van der Waals surface area contributed by atoms with E-state index >= 15 is 0 Å². The van der Waals surface area contributed by atoms with E-state index in [9.17, 15) is 13.2 Å². The van der Waals surface area contributed by atoms with Crippen LogP contribution in [0.15, 0.2) is 23.1 Å². The average molecular weight is 398 g/mol. The van der Waals surface area contributed by atoms with Crippen molar-refractivity contribution in [3.05, 3.63) is 18.2 Å². The first-order valence-electron chi connectivity index (χ1n) is 9.43. The van der Waals surface area contributed by atoms with Gasteiger partial charge in [-0.2, -0.15) is 0 Å². The number of sulfonamides is 1. The summed E-state index contributed by atoms with van der Waals surface area (Å²) < 4.78 is 31.7. The minimum Gasteiger partial charge on any atom is -0.492 e. The number of rotatable bonds is 6. The molecule has 0 aliphatic heterocycles. The lowest BCUT2D eigenvalue weighted by Crippen LogP contribution is -2.45. The number of benzene rings is 1. The van der Waals surface area contributed by atoms with E-state index in [1.54, 1.807) is 19.1 Å². The van der Waals surface area contributed by atoms with E-state index < -0.39 is 10.0 Å². The quantitative estimate of drug-likeness (QED) is 0.771. The molecule has 2 N–H and O–H groups in total. The third kappa shape index (κ3) is 5.13. The van der Waals surface area contributed by atoms with Crippen LogP contribution in [0.4, 0.5) is 10.5 Å². The van der Waals surface area contributed by atoms with Crippen LogP contribution in [0.5, 0.6) is 5.75 Å². The summed E-state index contributed by atoms with van der Waals surface area (Å²) in [6.45, 7) is 6.51. The van der Waals surface area contributed by atoms with E-state index in [0.717, 1.165) is 17.1 Å².